The molecule has 5 nitrogen and oxygen atoms in total. The van der Waals surface area contributed by atoms with Gasteiger partial charge in [0.15, 0.2) is 0 Å². The molecule has 6 heteroatoms. The highest BCUT2D eigenvalue weighted by Gasteiger charge is 2.28. The van der Waals surface area contributed by atoms with Crippen molar-refractivity contribution in [2.45, 2.75) is 42.4 Å². The van der Waals surface area contributed by atoms with Crippen LogP contribution in [0.25, 0.3) is 0 Å². The average Bonchev–Trinajstić information content (AvgIpc) is 2.80. The number of para-hydroxylation sites is 2. The number of carbonyl (C=O) groups is 2. The molecule has 158 valence electrons. The first-order valence-electron chi connectivity index (χ1n) is 10.9. The molecule has 0 aliphatic carbocycles. The van der Waals surface area contributed by atoms with Gasteiger partial charge in [-0.05, 0) is 43.5 Å². The van der Waals surface area contributed by atoms with Crippen molar-refractivity contribution in [3.05, 3.63) is 48.5 Å². The van der Waals surface area contributed by atoms with Gasteiger partial charge in [-0.25, -0.2) is 0 Å². The Morgan fingerprint density at radius 1 is 1.00 bits per heavy atom. The van der Waals surface area contributed by atoms with E-state index in [1.54, 1.807) is 11.8 Å². The lowest BCUT2D eigenvalue weighted by Crippen LogP contribution is -2.43. The minimum absolute atomic E-state index is 0.0403. The highest BCUT2D eigenvalue weighted by atomic mass is 32.2. The Labute approximate surface area is 182 Å². The van der Waals surface area contributed by atoms with Gasteiger partial charge in [0.05, 0.1) is 11.4 Å². The lowest BCUT2D eigenvalue weighted by molar-refractivity contribution is -0.135. The molecule has 2 heterocycles. The van der Waals surface area contributed by atoms with Crippen LogP contribution in [-0.4, -0.2) is 42.9 Å². The van der Waals surface area contributed by atoms with E-state index in [2.05, 4.69) is 65.7 Å². The molecule has 1 saturated heterocycles. The minimum atomic E-state index is 0.0403. The van der Waals surface area contributed by atoms with Crippen LogP contribution in [0.15, 0.2) is 58.3 Å². The molecule has 2 aliphatic heterocycles. The second-order valence-electron chi connectivity index (χ2n) is 7.89. The van der Waals surface area contributed by atoms with E-state index < -0.39 is 0 Å². The van der Waals surface area contributed by atoms with Gasteiger partial charge >= 0.3 is 0 Å². The smallest absolute Gasteiger partial charge is 0.224 e. The van der Waals surface area contributed by atoms with Gasteiger partial charge in [0.25, 0.3) is 0 Å². The third kappa shape index (κ3) is 4.48. The van der Waals surface area contributed by atoms with Crippen LogP contribution in [0.1, 0.15) is 32.6 Å². The van der Waals surface area contributed by atoms with Gasteiger partial charge in [-0.1, -0.05) is 43.0 Å². The number of benzene rings is 2. The zero-order valence-electron chi connectivity index (χ0n) is 17.5. The summed E-state index contributed by atoms with van der Waals surface area (Å²) in [5.74, 6) is 0.358. The second kappa shape index (κ2) is 9.56. The van der Waals surface area contributed by atoms with Gasteiger partial charge < -0.3 is 15.1 Å². The highest BCUT2D eigenvalue weighted by molar-refractivity contribution is 7.99. The van der Waals surface area contributed by atoms with Gasteiger partial charge in [-0.3, -0.25) is 9.59 Å². The number of nitrogens with one attached hydrogen (secondary N) is 1. The predicted molar refractivity (Wildman–Crippen MR) is 121 cm³/mol. The van der Waals surface area contributed by atoms with E-state index in [0.29, 0.717) is 26.1 Å². The number of nitrogens with zero attached hydrogens (tertiary/aromatic N) is 2. The lowest BCUT2D eigenvalue weighted by atomic mass is 9.95. The van der Waals surface area contributed by atoms with Crippen molar-refractivity contribution < 1.29 is 9.59 Å². The number of hydrogen-bond donors (Lipinski definition) is 1. The van der Waals surface area contributed by atoms with E-state index >= 15 is 0 Å². The molecule has 0 unspecified atom stereocenters. The van der Waals surface area contributed by atoms with E-state index in [-0.39, 0.29) is 17.7 Å². The summed E-state index contributed by atoms with van der Waals surface area (Å²) in [5.41, 5.74) is 2.33. The Kier molecular flexibility index (Phi) is 6.62. The Morgan fingerprint density at radius 2 is 1.60 bits per heavy atom. The maximum atomic E-state index is 12.9. The number of piperidine rings is 1. The van der Waals surface area contributed by atoms with Crippen LogP contribution in [0.2, 0.25) is 0 Å². The van der Waals surface area contributed by atoms with E-state index in [0.717, 1.165) is 25.8 Å². The summed E-state index contributed by atoms with van der Waals surface area (Å²) in [6, 6.07) is 16.8. The maximum absolute atomic E-state index is 12.9. The molecule has 1 N–H and O–H groups in total. The Morgan fingerprint density at radius 3 is 2.20 bits per heavy atom. The molecule has 0 spiro atoms. The van der Waals surface area contributed by atoms with Crippen LogP contribution < -0.4 is 10.2 Å². The average molecular weight is 424 g/mol. The van der Waals surface area contributed by atoms with E-state index in [4.69, 9.17) is 0 Å². The third-order valence-corrected chi connectivity index (χ3v) is 6.98. The summed E-state index contributed by atoms with van der Waals surface area (Å²) >= 11 is 1.78. The fourth-order valence-corrected chi connectivity index (χ4v) is 5.27. The van der Waals surface area contributed by atoms with Crippen LogP contribution in [0.5, 0.6) is 0 Å². The predicted octanol–water partition coefficient (Wildman–Crippen LogP) is 4.44. The van der Waals surface area contributed by atoms with Gasteiger partial charge in [0.1, 0.15) is 0 Å². The normalized spacial score (nSPS) is 16.0. The molecule has 2 aromatic carbocycles. The molecule has 2 amide bonds. The molecule has 0 aromatic heterocycles. The molecule has 2 aliphatic rings. The van der Waals surface area contributed by atoms with Gasteiger partial charge in [0.2, 0.25) is 11.8 Å². The minimum Gasteiger partial charge on any atom is -0.356 e. The Bertz CT molecular complexity index is 863. The molecule has 2 aromatic rings. The molecule has 0 bridgehead atoms. The van der Waals surface area contributed by atoms with Crippen LogP contribution in [0.4, 0.5) is 11.4 Å². The first kappa shape index (κ1) is 20.8. The van der Waals surface area contributed by atoms with Crippen LogP contribution in [0.3, 0.4) is 0 Å². The Hall–Kier alpha value is -2.47. The van der Waals surface area contributed by atoms with E-state index in [1.165, 1.54) is 21.2 Å². The number of amides is 2. The van der Waals surface area contributed by atoms with Gasteiger partial charge in [0, 0.05) is 48.3 Å². The van der Waals surface area contributed by atoms with Crippen molar-refractivity contribution in [2.24, 2.45) is 5.92 Å². The third-order valence-electron chi connectivity index (χ3n) is 5.85. The first-order valence-corrected chi connectivity index (χ1v) is 11.7. The summed E-state index contributed by atoms with van der Waals surface area (Å²) in [6.45, 7) is 4.79. The van der Waals surface area contributed by atoms with E-state index in [1.807, 2.05) is 4.90 Å². The number of rotatable bonds is 6. The topological polar surface area (TPSA) is 52.7 Å². The highest BCUT2D eigenvalue weighted by Crippen LogP contribution is 2.47. The molecule has 0 saturated carbocycles. The van der Waals surface area contributed by atoms with Crippen molar-refractivity contribution in [3.63, 3.8) is 0 Å². The van der Waals surface area contributed by atoms with Crippen molar-refractivity contribution in [2.75, 3.05) is 31.1 Å². The molecular formula is C24H29N3O2S. The Balaban J connectivity index is 1.37. The van der Waals surface area contributed by atoms with Gasteiger partial charge in [-0.15, -0.1) is 0 Å². The standard InChI is InChI=1S/C24H29N3O2S/c1-2-14-25-24(29)18-11-15-26(16-12-18)23(28)13-17-27-19-7-3-5-9-21(19)30-22-10-6-4-8-20(22)27/h3-10,18H,2,11-17H2,1H3,(H,25,29). The van der Waals surface area contributed by atoms with Gasteiger partial charge in [-0.2, -0.15) is 0 Å². The molecule has 4 rings (SSSR count). The number of hydrogen-bond acceptors (Lipinski definition) is 4. The molecular weight excluding hydrogens is 394 g/mol. The van der Waals surface area contributed by atoms with Crippen LogP contribution >= 0.6 is 11.8 Å². The van der Waals surface area contributed by atoms with E-state index in [9.17, 15) is 9.59 Å². The maximum Gasteiger partial charge on any atom is 0.224 e. The van der Waals surface area contributed by atoms with Crippen molar-refractivity contribution >= 4 is 35.0 Å². The molecule has 0 atom stereocenters. The van der Waals surface area contributed by atoms with Crippen molar-refractivity contribution in [1.29, 1.82) is 0 Å². The number of fused-ring (bicyclic) bond motifs is 2. The van der Waals surface area contributed by atoms with Crippen LogP contribution in [0, 0.1) is 5.92 Å². The molecule has 1 fully saturated rings. The zero-order chi connectivity index (χ0) is 20.9. The first-order chi connectivity index (χ1) is 14.7. The zero-order valence-corrected chi connectivity index (χ0v) is 18.3. The summed E-state index contributed by atoms with van der Waals surface area (Å²) in [4.78, 5) is 31.7. The second-order valence-corrected chi connectivity index (χ2v) is 8.97. The molecule has 0 radical (unpaired) electrons. The summed E-state index contributed by atoms with van der Waals surface area (Å²) in [7, 11) is 0. The number of likely N-dealkylation sites (tertiary alicyclic amines) is 1. The SMILES string of the molecule is CCCNC(=O)C1CCN(C(=O)CCN2c3ccccc3Sc3ccccc32)CC1. The summed E-state index contributed by atoms with van der Waals surface area (Å²) in [6.07, 6.45) is 2.94. The van der Waals surface area contributed by atoms with Crippen LogP contribution in [-0.2, 0) is 9.59 Å². The summed E-state index contributed by atoms with van der Waals surface area (Å²) < 4.78 is 0. The monoisotopic (exact) mass is 423 g/mol. The number of anilines is 2. The fraction of sp³-hybridized carbons (Fsp3) is 0.417. The number of carbonyl (C=O) groups excluding carboxylic acids is 2. The van der Waals surface area contributed by atoms with Crippen molar-refractivity contribution in [1.82, 2.24) is 10.2 Å². The fourth-order valence-electron chi connectivity index (χ4n) is 4.17. The lowest BCUT2D eigenvalue weighted by Gasteiger charge is -2.34. The van der Waals surface area contributed by atoms with Crippen molar-refractivity contribution in [3.8, 4) is 0 Å². The largest absolute Gasteiger partial charge is 0.356 e. The molecule has 30 heavy (non-hydrogen) atoms. The quantitative estimate of drug-likeness (QED) is 0.746. The summed E-state index contributed by atoms with van der Waals surface area (Å²) in [5, 5.41) is 2.98.